The zero-order valence-corrected chi connectivity index (χ0v) is 10.4. The smallest absolute Gasteiger partial charge is 0.219 e. The Morgan fingerprint density at radius 3 is 2.94 bits per heavy atom. The van der Waals surface area contributed by atoms with Gasteiger partial charge in [0, 0.05) is 27.4 Å². The van der Waals surface area contributed by atoms with E-state index >= 15 is 0 Å². The third-order valence-corrected chi connectivity index (χ3v) is 2.83. The van der Waals surface area contributed by atoms with Crippen LogP contribution in [0.25, 0.3) is 11.1 Å². The molecular formula is C13H16N2O2. The van der Waals surface area contributed by atoms with Gasteiger partial charge in [-0.15, -0.1) is 0 Å². The standard InChI is InChI=1S/C13H16N2O2/c1-9-14-12-5-4-11(8-13(12)17-9)6-7-15(3)10(2)16/h4-5,8H,6-7H2,1-3H3. The van der Waals surface area contributed by atoms with Gasteiger partial charge in [0.15, 0.2) is 11.5 Å². The van der Waals surface area contributed by atoms with Crippen LogP contribution in [0.3, 0.4) is 0 Å². The van der Waals surface area contributed by atoms with Crippen LogP contribution in [0.2, 0.25) is 0 Å². The van der Waals surface area contributed by atoms with Crippen molar-refractivity contribution in [3.05, 3.63) is 29.7 Å². The van der Waals surface area contributed by atoms with E-state index in [1.807, 2.05) is 25.1 Å². The fourth-order valence-electron chi connectivity index (χ4n) is 1.69. The molecule has 0 N–H and O–H groups in total. The average molecular weight is 232 g/mol. The number of nitrogens with zero attached hydrogens (tertiary/aromatic N) is 2. The second-order valence-electron chi connectivity index (χ2n) is 4.23. The quantitative estimate of drug-likeness (QED) is 0.814. The van der Waals surface area contributed by atoms with Crippen molar-refractivity contribution in [2.75, 3.05) is 13.6 Å². The minimum atomic E-state index is 0.0848. The fourth-order valence-corrected chi connectivity index (χ4v) is 1.69. The van der Waals surface area contributed by atoms with Crippen LogP contribution in [0.5, 0.6) is 0 Å². The van der Waals surface area contributed by atoms with Gasteiger partial charge in [-0.25, -0.2) is 4.98 Å². The van der Waals surface area contributed by atoms with Gasteiger partial charge in [-0.1, -0.05) is 6.07 Å². The number of carbonyl (C=O) groups is 1. The molecule has 2 aromatic rings. The van der Waals surface area contributed by atoms with Gasteiger partial charge in [0.05, 0.1) is 0 Å². The number of oxazole rings is 1. The summed E-state index contributed by atoms with van der Waals surface area (Å²) < 4.78 is 5.47. The van der Waals surface area contributed by atoms with E-state index in [0.717, 1.165) is 23.1 Å². The number of rotatable bonds is 3. The highest BCUT2D eigenvalue weighted by Gasteiger charge is 2.05. The number of aryl methyl sites for hydroxylation is 1. The maximum atomic E-state index is 11.1. The molecule has 4 heteroatoms. The molecule has 4 nitrogen and oxygen atoms in total. The van der Waals surface area contributed by atoms with Gasteiger partial charge < -0.3 is 9.32 Å². The molecule has 0 radical (unpaired) electrons. The van der Waals surface area contributed by atoms with Crippen molar-refractivity contribution in [3.63, 3.8) is 0 Å². The number of hydrogen-bond acceptors (Lipinski definition) is 3. The van der Waals surface area contributed by atoms with E-state index in [4.69, 9.17) is 4.42 Å². The van der Waals surface area contributed by atoms with Gasteiger partial charge in [-0.3, -0.25) is 4.79 Å². The molecule has 0 bridgehead atoms. The minimum Gasteiger partial charge on any atom is -0.441 e. The number of fused-ring (bicyclic) bond motifs is 1. The third kappa shape index (κ3) is 2.64. The van der Waals surface area contributed by atoms with Crippen LogP contribution in [-0.4, -0.2) is 29.4 Å². The molecule has 0 saturated heterocycles. The van der Waals surface area contributed by atoms with Crippen LogP contribution in [-0.2, 0) is 11.2 Å². The normalized spacial score (nSPS) is 10.8. The van der Waals surface area contributed by atoms with Gasteiger partial charge in [0.25, 0.3) is 0 Å². The lowest BCUT2D eigenvalue weighted by Gasteiger charge is -2.14. The van der Waals surface area contributed by atoms with E-state index in [0.29, 0.717) is 12.4 Å². The van der Waals surface area contributed by atoms with Crippen LogP contribution in [0.1, 0.15) is 18.4 Å². The lowest BCUT2D eigenvalue weighted by Crippen LogP contribution is -2.26. The lowest BCUT2D eigenvalue weighted by atomic mass is 10.1. The summed E-state index contributed by atoms with van der Waals surface area (Å²) in [5.74, 6) is 0.764. The summed E-state index contributed by atoms with van der Waals surface area (Å²) in [5, 5.41) is 0. The molecule has 17 heavy (non-hydrogen) atoms. The van der Waals surface area contributed by atoms with Crippen molar-refractivity contribution in [1.82, 2.24) is 9.88 Å². The van der Waals surface area contributed by atoms with Crippen LogP contribution < -0.4 is 0 Å². The van der Waals surface area contributed by atoms with E-state index in [9.17, 15) is 4.79 Å². The van der Waals surface area contributed by atoms with Crippen LogP contribution in [0, 0.1) is 6.92 Å². The zero-order valence-electron chi connectivity index (χ0n) is 10.4. The maximum absolute atomic E-state index is 11.1. The van der Waals surface area contributed by atoms with Crippen molar-refractivity contribution in [3.8, 4) is 0 Å². The molecule has 0 saturated carbocycles. The predicted molar refractivity (Wildman–Crippen MR) is 65.8 cm³/mol. The fraction of sp³-hybridized carbons (Fsp3) is 0.385. The number of benzene rings is 1. The van der Waals surface area contributed by atoms with Crippen molar-refractivity contribution in [1.29, 1.82) is 0 Å². The Balaban J connectivity index is 2.11. The largest absolute Gasteiger partial charge is 0.441 e. The summed E-state index contributed by atoms with van der Waals surface area (Å²) in [6.07, 6.45) is 0.825. The summed E-state index contributed by atoms with van der Waals surface area (Å²) in [6.45, 7) is 4.13. The molecule has 90 valence electrons. The highest BCUT2D eigenvalue weighted by molar-refractivity contribution is 5.74. The second-order valence-corrected chi connectivity index (χ2v) is 4.23. The van der Waals surface area contributed by atoms with E-state index in [-0.39, 0.29) is 5.91 Å². The van der Waals surface area contributed by atoms with Crippen LogP contribution >= 0.6 is 0 Å². The van der Waals surface area contributed by atoms with Crippen LogP contribution in [0.15, 0.2) is 22.6 Å². The Morgan fingerprint density at radius 1 is 1.47 bits per heavy atom. The Morgan fingerprint density at radius 2 is 2.24 bits per heavy atom. The Bertz CT molecular complexity index is 545. The monoisotopic (exact) mass is 232 g/mol. The van der Waals surface area contributed by atoms with Gasteiger partial charge >= 0.3 is 0 Å². The molecule has 0 aliphatic carbocycles. The first-order valence-corrected chi connectivity index (χ1v) is 5.64. The highest BCUT2D eigenvalue weighted by atomic mass is 16.3. The summed E-state index contributed by atoms with van der Waals surface area (Å²) >= 11 is 0. The molecule has 1 aromatic heterocycles. The molecule has 0 fully saturated rings. The highest BCUT2D eigenvalue weighted by Crippen LogP contribution is 2.17. The topological polar surface area (TPSA) is 46.3 Å². The Hall–Kier alpha value is -1.84. The number of hydrogen-bond donors (Lipinski definition) is 0. The summed E-state index contributed by atoms with van der Waals surface area (Å²) in [5.41, 5.74) is 2.85. The Kier molecular flexibility index (Phi) is 3.13. The molecule has 0 spiro atoms. The summed E-state index contributed by atoms with van der Waals surface area (Å²) in [6, 6.07) is 5.97. The number of aromatic nitrogens is 1. The van der Waals surface area contributed by atoms with Crippen molar-refractivity contribution in [2.24, 2.45) is 0 Å². The first kappa shape index (κ1) is 11.6. The molecule has 0 aliphatic heterocycles. The van der Waals surface area contributed by atoms with Crippen molar-refractivity contribution < 1.29 is 9.21 Å². The molecule has 1 heterocycles. The second kappa shape index (κ2) is 4.57. The number of amides is 1. The van der Waals surface area contributed by atoms with E-state index in [2.05, 4.69) is 4.98 Å². The third-order valence-electron chi connectivity index (χ3n) is 2.83. The number of likely N-dealkylation sites (N-methyl/N-ethyl adjacent to an activating group) is 1. The zero-order chi connectivity index (χ0) is 12.4. The van der Waals surface area contributed by atoms with Crippen molar-refractivity contribution >= 4 is 17.0 Å². The van der Waals surface area contributed by atoms with E-state index in [1.54, 1.807) is 18.9 Å². The van der Waals surface area contributed by atoms with Gasteiger partial charge in [0.2, 0.25) is 5.91 Å². The summed E-state index contributed by atoms with van der Waals surface area (Å²) in [4.78, 5) is 17.0. The Labute approximate surface area is 100 Å². The SMILES string of the molecule is CC(=O)N(C)CCc1ccc2nc(C)oc2c1. The lowest BCUT2D eigenvalue weighted by molar-refractivity contribution is -0.127. The molecular weight excluding hydrogens is 216 g/mol. The molecule has 0 aliphatic rings. The maximum Gasteiger partial charge on any atom is 0.219 e. The predicted octanol–water partition coefficient (Wildman–Crippen LogP) is 2.16. The van der Waals surface area contributed by atoms with Crippen molar-refractivity contribution in [2.45, 2.75) is 20.3 Å². The van der Waals surface area contributed by atoms with E-state index < -0.39 is 0 Å². The summed E-state index contributed by atoms with van der Waals surface area (Å²) in [7, 11) is 1.81. The molecule has 0 unspecified atom stereocenters. The molecule has 1 amide bonds. The average Bonchev–Trinajstić information content (AvgIpc) is 2.64. The first-order chi connectivity index (χ1) is 8.06. The van der Waals surface area contributed by atoms with Gasteiger partial charge in [-0.2, -0.15) is 0 Å². The molecule has 0 atom stereocenters. The minimum absolute atomic E-state index is 0.0848. The van der Waals surface area contributed by atoms with Gasteiger partial charge in [-0.05, 0) is 24.1 Å². The number of carbonyl (C=O) groups excluding carboxylic acids is 1. The van der Waals surface area contributed by atoms with E-state index in [1.165, 1.54) is 0 Å². The van der Waals surface area contributed by atoms with Gasteiger partial charge in [0.1, 0.15) is 5.52 Å². The van der Waals surface area contributed by atoms with Crippen LogP contribution in [0.4, 0.5) is 0 Å². The molecule has 1 aromatic carbocycles. The first-order valence-electron chi connectivity index (χ1n) is 5.64. The molecule has 2 rings (SSSR count).